The van der Waals surface area contributed by atoms with Crippen LogP contribution >= 0.6 is 12.2 Å². The third-order valence-electron chi connectivity index (χ3n) is 3.36. The first kappa shape index (κ1) is 19.8. The van der Waals surface area contributed by atoms with Crippen molar-refractivity contribution in [2.45, 2.75) is 25.2 Å². The Bertz CT molecular complexity index is 865. The summed E-state index contributed by atoms with van der Waals surface area (Å²) >= 11 is 4.83. The van der Waals surface area contributed by atoms with E-state index in [9.17, 15) is 36.2 Å². The van der Waals surface area contributed by atoms with Crippen molar-refractivity contribution in [3.8, 4) is 11.6 Å². The van der Waals surface area contributed by atoms with Crippen molar-refractivity contribution in [3.05, 3.63) is 39.8 Å². The maximum absolute atomic E-state index is 12.9. The van der Waals surface area contributed by atoms with Crippen LogP contribution in [-0.2, 0) is 23.6 Å². The zero-order valence-corrected chi connectivity index (χ0v) is 13.4. The zero-order valence-electron chi connectivity index (χ0n) is 12.6. The Morgan fingerprint density at radius 3 is 2.00 bits per heavy atom. The summed E-state index contributed by atoms with van der Waals surface area (Å²) < 4.78 is 77.8. The lowest BCUT2D eigenvalue weighted by Crippen LogP contribution is -2.12. The summed E-state index contributed by atoms with van der Waals surface area (Å²) in [6, 6.07) is 0.751. The molecule has 0 amide bonds. The summed E-state index contributed by atoms with van der Waals surface area (Å²) in [5.74, 6) is -1.97. The van der Waals surface area contributed by atoms with Crippen LogP contribution in [0.5, 0.6) is 5.88 Å². The fraction of sp³-hybridized carbons (Fsp3) is 0.286. The summed E-state index contributed by atoms with van der Waals surface area (Å²) in [6.07, 6.45) is -10.8. The van der Waals surface area contributed by atoms with Gasteiger partial charge in [0.1, 0.15) is 0 Å². The van der Waals surface area contributed by atoms with Crippen molar-refractivity contribution in [2.75, 3.05) is 0 Å². The van der Waals surface area contributed by atoms with Crippen LogP contribution in [0.3, 0.4) is 0 Å². The molecule has 0 fully saturated rings. The molecule has 142 valence electrons. The lowest BCUT2D eigenvalue weighted by molar-refractivity contribution is -0.143. The minimum atomic E-state index is -5.06. The van der Waals surface area contributed by atoms with Gasteiger partial charge in [0.2, 0.25) is 5.88 Å². The van der Waals surface area contributed by atoms with Crippen LogP contribution in [0.15, 0.2) is 18.2 Å². The molecule has 0 atom stereocenters. The predicted molar refractivity (Wildman–Crippen MR) is 78.6 cm³/mol. The second-order valence-corrected chi connectivity index (χ2v) is 5.61. The maximum Gasteiger partial charge on any atom is 0.416 e. The number of nitrogens with zero attached hydrogens (tertiary/aromatic N) is 1. The fourth-order valence-electron chi connectivity index (χ4n) is 2.19. The Hall–Kier alpha value is -2.50. The highest BCUT2D eigenvalue weighted by Gasteiger charge is 2.37. The number of alkyl halides is 6. The van der Waals surface area contributed by atoms with E-state index < -0.39 is 47.4 Å². The summed E-state index contributed by atoms with van der Waals surface area (Å²) in [5, 5.41) is 18.7. The van der Waals surface area contributed by atoms with Crippen LogP contribution in [0.25, 0.3) is 5.69 Å². The molecule has 2 aromatic rings. The Morgan fingerprint density at radius 1 is 1.08 bits per heavy atom. The van der Waals surface area contributed by atoms with Gasteiger partial charge in [-0.05, 0) is 30.4 Å². The number of aliphatic carboxylic acids is 1. The summed E-state index contributed by atoms with van der Waals surface area (Å²) in [6.45, 7) is 0. The highest BCUT2D eigenvalue weighted by molar-refractivity contribution is 7.71. The van der Waals surface area contributed by atoms with Crippen LogP contribution in [0.2, 0.25) is 0 Å². The molecule has 5 nitrogen and oxygen atoms in total. The van der Waals surface area contributed by atoms with Gasteiger partial charge in [-0.3, -0.25) is 9.36 Å². The number of hydrogen-bond donors (Lipinski definition) is 3. The van der Waals surface area contributed by atoms with E-state index in [0.29, 0.717) is 16.7 Å². The molecule has 2 rings (SSSR count). The third-order valence-corrected chi connectivity index (χ3v) is 3.65. The number of nitrogens with one attached hydrogen (secondary N) is 1. The molecule has 0 bridgehead atoms. The standard InChI is InChI=1S/C14H10F6N2O3S/c15-13(16,17)6-3-7(14(18,19)20)5-8(4-6)22-11(25)9(21-12(22)26)1-2-10(23)24/h3-5,25H,1-2H2,(H,21,26)(H,23,24). The maximum atomic E-state index is 12.9. The van der Waals surface area contributed by atoms with Crippen molar-refractivity contribution in [2.24, 2.45) is 0 Å². The molecule has 0 aliphatic rings. The highest BCUT2D eigenvalue weighted by atomic mass is 32.1. The van der Waals surface area contributed by atoms with Crippen molar-refractivity contribution in [1.82, 2.24) is 9.55 Å². The van der Waals surface area contributed by atoms with Gasteiger partial charge in [0.15, 0.2) is 4.77 Å². The molecule has 0 radical (unpaired) electrons. The normalized spacial score (nSPS) is 12.4. The number of aromatic amines is 1. The number of aromatic hydroxyl groups is 1. The van der Waals surface area contributed by atoms with E-state index in [4.69, 9.17) is 17.3 Å². The van der Waals surface area contributed by atoms with Gasteiger partial charge < -0.3 is 15.2 Å². The number of imidazole rings is 1. The first-order valence-electron chi connectivity index (χ1n) is 6.85. The first-order chi connectivity index (χ1) is 11.8. The van der Waals surface area contributed by atoms with E-state index >= 15 is 0 Å². The molecule has 0 unspecified atom stereocenters. The predicted octanol–water partition coefficient (Wildman–Crippen LogP) is 4.30. The number of benzene rings is 1. The highest BCUT2D eigenvalue weighted by Crippen LogP contribution is 2.38. The molecule has 1 aromatic carbocycles. The number of halogens is 6. The molecule has 0 aliphatic heterocycles. The first-order valence-corrected chi connectivity index (χ1v) is 7.26. The van der Waals surface area contributed by atoms with E-state index in [-0.39, 0.29) is 23.0 Å². The van der Waals surface area contributed by atoms with E-state index in [1.54, 1.807) is 0 Å². The average molecular weight is 400 g/mol. The number of rotatable bonds is 4. The summed E-state index contributed by atoms with van der Waals surface area (Å²) in [4.78, 5) is 13.0. The number of hydrogen-bond acceptors (Lipinski definition) is 3. The molecule has 0 saturated heterocycles. The fourth-order valence-corrected chi connectivity index (χ4v) is 2.50. The topological polar surface area (TPSA) is 78.2 Å². The summed E-state index contributed by atoms with van der Waals surface area (Å²) in [5.41, 5.74) is -3.93. The van der Waals surface area contributed by atoms with Crippen LogP contribution in [0, 0.1) is 4.77 Å². The number of carboxylic acid groups (broad SMARTS) is 1. The molecule has 0 saturated carbocycles. The second-order valence-electron chi connectivity index (χ2n) is 5.23. The van der Waals surface area contributed by atoms with Gasteiger partial charge in [0.05, 0.1) is 28.9 Å². The minimum absolute atomic E-state index is 0.0534. The molecule has 0 aliphatic carbocycles. The molecule has 1 heterocycles. The molecule has 12 heteroatoms. The number of carboxylic acids is 1. The third kappa shape index (κ3) is 4.18. The second kappa shape index (κ2) is 6.67. The Balaban J connectivity index is 2.65. The van der Waals surface area contributed by atoms with Gasteiger partial charge in [-0.25, -0.2) is 0 Å². The van der Waals surface area contributed by atoms with Crippen LogP contribution in [0.1, 0.15) is 23.2 Å². The molecule has 26 heavy (non-hydrogen) atoms. The lowest BCUT2D eigenvalue weighted by atomic mass is 10.1. The average Bonchev–Trinajstić information content (AvgIpc) is 2.77. The van der Waals surface area contributed by atoms with Gasteiger partial charge in [-0.15, -0.1) is 0 Å². The number of carbonyl (C=O) groups is 1. The van der Waals surface area contributed by atoms with Gasteiger partial charge in [0.25, 0.3) is 0 Å². The Kier molecular flexibility index (Phi) is 5.08. The monoisotopic (exact) mass is 400 g/mol. The largest absolute Gasteiger partial charge is 0.493 e. The SMILES string of the molecule is O=C(O)CCc1[nH]c(=S)n(-c2cc(C(F)(F)F)cc(C(F)(F)F)c2)c1O. The van der Waals surface area contributed by atoms with E-state index in [0.717, 1.165) is 0 Å². The van der Waals surface area contributed by atoms with Crippen LogP contribution in [-0.4, -0.2) is 25.7 Å². The number of aromatic nitrogens is 2. The van der Waals surface area contributed by atoms with E-state index in [2.05, 4.69) is 4.98 Å². The van der Waals surface area contributed by atoms with E-state index in [1.807, 2.05) is 0 Å². The zero-order chi connectivity index (χ0) is 19.9. The van der Waals surface area contributed by atoms with E-state index in [1.165, 1.54) is 0 Å². The minimum Gasteiger partial charge on any atom is -0.493 e. The van der Waals surface area contributed by atoms with Crippen LogP contribution in [0.4, 0.5) is 26.3 Å². The molecule has 3 N–H and O–H groups in total. The van der Waals surface area contributed by atoms with Gasteiger partial charge in [-0.1, -0.05) is 0 Å². The number of aryl methyl sites for hydroxylation is 1. The molecule has 1 aromatic heterocycles. The summed E-state index contributed by atoms with van der Waals surface area (Å²) in [7, 11) is 0. The van der Waals surface area contributed by atoms with Crippen molar-refractivity contribution >= 4 is 18.2 Å². The molecular weight excluding hydrogens is 390 g/mol. The lowest BCUT2D eigenvalue weighted by Gasteiger charge is -2.15. The molecule has 0 spiro atoms. The van der Waals surface area contributed by atoms with Gasteiger partial charge >= 0.3 is 18.3 Å². The van der Waals surface area contributed by atoms with Gasteiger partial charge in [0, 0.05) is 6.42 Å². The van der Waals surface area contributed by atoms with Crippen molar-refractivity contribution < 1.29 is 41.4 Å². The Morgan fingerprint density at radius 2 is 1.58 bits per heavy atom. The molecular formula is C14H10F6N2O3S. The van der Waals surface area contributed by atoms with Crippen molar-refractivity contribution in [3.63, 3.8) is 0 Å². The smallest absolute Gasteiger partial charge is 0.416 e. The quantitative estimate of drug-likeness (QED) is 0.528. The number of H-pyrrole nitrogens is 1. The van der Waals surface area contributed by atoms with Crippen molar-refractivity contribution in [1.29, 1.82) is 0 Å². The van der Waals surface area contributed by atoms with Crippen LogP contribution < -0.4 is 0 Å². The Labute approximate surface area is 146 Å². The van der Waals surface area contributed by atoms with Gasteiger partial charge in [-0.2, -0.15) is 26.3 Å².